The van der Waals surface area contributed by atoms with Gasteiger partial charge >= 0.3 is 40.4 Å². The smallest absolute Gasteiger partial charge is 0.417 e. The summed E-state index contributed by atoms with van der Waals surface area (Å²) in [6.45, 7) is 0. The number of thiazole rings is 2. The molecule has 0 aromatic carbocycles. The van der Waals surface area contributed by atoms with Crippen LogP contribution >= 0.6 is 22.7 Å². The maximum atomic E-state index is 11.9. The zero-order valence-corrected chi connectivity index (χ0v) is 24.2. The Bertz CT molecular complexity index is 1160. The van der Waals surface area contributed by atoms with Crippen LogP contribution in [-0.4, -0.2) is 56.8 Å². The fourth-order valence-corrected chi connectivity index (χ4v) is 5.56. The summed E-state index contributed by atoms with van der Waals surface area (Å²) in [5.41, 5.74) is 4.32. The van der Waals surface area contributed by atoms with E-state index < -0.39 is 35.5 Å². The van der Waals surface area contributed by atoms with Gasteiger partial charge in [0.1, 0.15) is 0 Å². The number of carbonyl (C=O) groups excluding carboxylic acids is 4. The number of esters is 4. The number of ether oxygens (including phenoxy) is 4. The Morgan fingerprint density at radius 1 is 0.610 bits per heavy atom. The van der Waals surface area contributed by atoms with Crippen molar-refractivity contribution in [1.29, 1.82) is 0 Å². The molecule has 41 heavy (non-hydrogen) atoms. The maximum absolute atomic E-state index is 11.9. The standard InChI is InChI=1S/2C12H13N3O4S.Ni/c2*16-9-8(14-15-11-13-6-7-20-11)10(17)19-12(18-9)4-2-1-3-5-12;/h2*6-7H,1-5H2,(H,13,15);/q;;+2. The summed E-state index contributed by atoms with van der Waals surface area (Å²) >= 11 is 2.60. The van der Waals surface area contributed by atoms with Crippen LogP contribution in [0.1, 0.15) is 64.2 Å². The molecule has 6 rings (SSSR count). The molecule has 4 fully saturated rings. The van der Waals surface area contributed by atoms with E-state index in [4.69, 9.17) is 18.9 Å². The number of aromatic nitrogens is 2. The third kappa shape index (κ3) is 7.46. The number of nitrogens with zero attached hydrogens (tertiary/aromatic N) is 4. The monoisotopic (exact) mass is 648 g/mol. The van der Waals surface area contributed by atoms with Crippen LogP contribution in [-0.2, 0) is 54.6 Å². The Kier molecular flexibility index (Phi) is 10.0. The maximum Gasteiger partial charge on any atom is 2.00 e. The minimum atomic E-state index is -1.08. The van der Waals surface area contributed by atoms with Crippen LogP contribution < -0.4 is 10.9 Å². The van der Waals surface area contributed by atoms with Crippen LogP contribution in [0.4, 0.5) is 10.3 Å². The van der Waals surface area contributed by atoms with Crippen molar-refractivity contribution < 1.29 is 54.6 Å². The second-order valence-electron chi connectivity index (χ2n) is 9.32. The van der Waals surface area contributed by atoms with Gasteiger partial charge in [-0.1, -0.05) is 12.8 Å². The number of rotatable bonds is 4. The number of hydrogen-bond acceptors (Lipinski definition) is 16. The first-order valence-corrected chi connectivity index (χ1v) is 14.5. The summed E-state index contributed by atoms with van der Waals surface area (Å²) < 4.78 is 21.2. The van der Waals surface area contributed by atoms with Gasteiger partial charge in [-0.15, -0.1) is 22.7 Å². The van der Waals surface area contributed by atoms with Crippen molar-refractivity contribution in [2.75, 3.05) is 10.9 Å². The van der Waals surface area contributed by atoms with Gasteiger partial charge in [-0.2, -0.15) is 10.2 Å². The van der Waals surface area contributed by atoms with Crippen molar-refractivity contribution in [2.24, 2.45) is 10.2 Å². The summed E-state index contributed by atoms with van der Waals surface area (Å²) in [6, 6.07) is 0. The van der Waals surface area contributed by atoms with Crippen LogP contribution in [0.25, 0.3) is 0 Å². The quantitative estimate of drug-likeness (QED) is 0.281. The molecular formula is C24H26N6NiO8S2+2. The van der Waals surface area contributed by atoms with Crippen LogP contribution in [0, 0.1) is 0 Å². The number of anilines is 2. The average Bonchev–Trinajstić information content (AvgIpc) is 3.64. The predicted molar refractivity (Wildman–Crippen MR) is 142 cm³/mol. The fraction of sp³-hybridized carbons (Fsp3) is 0.500. The molecule has 17 heteroatoms. The molecular weight excluding hydrogens is 623 g/mol. The number of carbonyl (C=O) groups is 4. The van der Waals surface area contributed by atoms with Gasteiger partial charge in [-0.3, -0.25) is 10.9 Å². The van der Waals surface area contributed by atoms with E-state index in [0.717, 1.165) is 38.5 Å². The molecule has 0 bridgehead atoms. The number of hydrazone groups is 2. The molecule has 0 radical (unpaired) electrons. The van der Waals surface area contributed by atoms with E-state index in [1.165, 1.54) is 22.7 Å². The predicted octanol–water partition coefficient (Wildman–Crippen LogP) is 3.34. The third-order valence-corrected chi connectivity index (χ3v) is 7.87. The SMILES string of the molecule is O=C1OC2(CCCCC2)OC(=O)C1=NNc1nccs1.O=C1OC2(CCCCC2)OC(=O)C1=NNc1nccs1.[Ni+2]. The second kappa shape index (κ2) is 13.5. The molecule has 2 aromatic rings. The molecule has 2 saturated heterocycles. The van der Waals surface area contributed by atoms with Gasteiger partial charge in [0.05, 0.1) is 0 Å². The summed E-state index contributed by atoms with van der Waals surface area (Å²) in [6.07, 6.45) is 11.0. The molecule has 220 valence electrons. The van der Waals surface area contributed by atoms with Crippen molar-refractivity contribution in [3.8, 4) is 0 Å². The van der Waals surface area contributed by atoms with E-state index in [1.54, 1.807) is 23.2 Å². The molecule has 2 aromatic heterocycles. The average molecular weight is 649 g/mol. The molecule has 14 nitrogen and oxygen atoms in total. The topological polar surface area (TPSA) is 180 Å². The Morgan fingerprint density at radius 2 is 0.951 bits per heavy atom. The number of hydrogen-bond donors (Lipinski definition) is 2. The molecule has 0 unspecified atom stereocenters. The van der Waals surface area contributed by atoms with Crippen molar-refractivity contribution in [2.45, 2.75) is 75.8 Å². The first kappa shape index (κ1) is 30.5. The molecule has 4 aliphatic rings. The molecule has 4 heterocycles. The molecule has 2 aliphatic heterocycles. The Labute approximate surface area is 252 Å². The van der Waals surface area contributed by atoms with Gasteiger partial charge in [-0.05, 0) is 25.7 Å². The number of nitrogens with one attached hydrogen (secondary N) is 2. The normalized spacial score (nSPS) is 20.8. The van der Waals surface area contributed by atoms with E-state index in [0.29, 0.717) is 35.9 Å². The van der Waals surface area contributed by atoms with E-state index in [9.17, 15) is 19.2 Å². The van der Waals surface area contributed by atoms with Gasteiger partial charge in [0.25, 0.3) is 23.0 Å². The minimum absolute atomic E-state index is 0. The van der Waals surface area contributed by atoms with Gasteiger partial charge in [0.2, 0.25) is 10.3 Å². The van der Waals surface area contributed by atoms with Gasteiger partial charge in [0.15, 0.2) is 0 Å². The molecule has 0 atom stereocenters. The van der Waals surface area contributed by atoms with Gasteiger partial charge in [0, 0.05) is 48.8 Å². The summed E-state index contributed by atoms with van der Waals surface area (Å²) in [5, 5.41) is 11.9. The van der Waals surface area contributed by atoms with Crippen LogP contribution in [0.5, 0.6) is 0 Å². The molecule has 2 N–H and O–H groups in total. The largest absolute Gasteiger partial charge is 2.00 e. The van der Waals surface area contributed by atoms with E-state index in [2.05, 4.69) is 31.0 Å². The van der Waals surface area contributed by atoms with Crippen LogP contribution in [0.2, 0.25) is 0 Å². The Balaban J connectivity index is 0.000000184. The van der Waals surface area contributed by atoms with Crippen LogP contribution in [0.3, 0.4) is 0 Å². The van der Waals surface area contributed by atoms with Crippen LogP contribution in [0.15, 0.2) is 33.4 Å². The molecule has 2 saturated carbocycles. The van der Waals surface area contributed by atoms with E-state index in [1.807, 2.05) is 0 Å². The first-order valence-electron chi connectivity index (χ1n) is 12.8. The first-order chi connectivity index (χ1) is 19.4. The molecule has 0 amide bonds. The molecule has 2 aliphatic carbocycles. The van der Waals surface area contributed by atoms with Crippen molar-refractivity contribution >= 4 is 68.2 Å². The van der Waals surface area contributed by atoms with Crippen molar-refractivity contribution in [3.05, 3.63) is 23.2 Å². The summed E-state index contributed by atoms with van der Waals surface area (Å²) in [5.74, 6) is -5.13. The summed E-state index contributed by atoms with van der Waals surface area (Å²) in [7, 11) is 0. The Morgan fingerprint density at radius 3 is 1.24 bits per heavy atom. The minimum Gasteiger partial charge on any atom is -0.417 e. The molecule has 2 spiro atoms. The van der Waals surface area contributed by atoms with Crippen molar-refractivity contribution in [3.63, 3.8) is 0 Å². The zero-order chi connectivity index (χ0) is 28.0. The second-order valence-corrected chi connectivity index (χ2v) is 11.1. The van der Waals surface area contributed by atoms with E-state index in [-0.39, 0.29) is 27.9 Å². The summed E-state index contributed by atoms with van der Waals surface area (Å²) in [4.78, 5) is 55.6. The zero-order valence-electron chi connectivity index (χ0n) is 21.6. The van der Waals surface area contributed by atoms with Crippen molar-refractivity contribution in [1.82, 2.24) is 9.97 Å². The van der Waals surface area contributed by atoms with Gasteiger partial charge in [-0.25, -0.2) is 29.1 Å². The van der Waals surface area contributed by atoms with Gasteiger partial charge < -0.3 is 18.9 Å². The van der Waals surface area contributed by atoms with E-state index >= 15 is 0 Å². The Hall–Kier alpha value is -3.43. The fourth-order valence-electron chi connectivity index (χ4n) is 4.61. The third-order valence-electron chi connectivity index (χ3n) is 6.51.